The van der Waals surface area contributed by atoms with Gasteiger partial charge in [-0.15, -0.1) is 0 Å². The minimum Gasteiger partial charge on any atom is -0.379 e. The Morgan fingerprint density at radius 1 is 1.24 bits per heavy atom. The van der Waals surface area contributed by atoms with Crippen LogP contribution in [-0.4, -0.2) is 28.9 Å². The van der Waals surface area contributed by atoms with Gasteiger partial charge in [-0.05, 0) is 18.9 Å². The van der Waals surface area contributed by atoms with E-state index in [-0.39, 0.29) is 30.7 Å². The van der Waals surface area contributed by atoms with Crippen LogP contribution in [0.4, 0.5) is 0 Å². The van der Waals surface area contributed by atoms with Gasteiger partial charge in [0.05, 0.1) is 12.7 Å². The van der Waals surface area contributed by atoms with E-state index < -0.39 is 16.9 Å². The van der Waals surface area contributed by atoms with Crippen molar-refractivity contribution in [1.29, 1.82) is 0 Å². The summed E-state index contributed by atoms with van der Waals surface area (Å²) in [6, 6.07) is 9.73. The molecule has 1 aromatic rings. The van der Waals surface area contributed by atoms with Crippen LogP contribution in [0.25, 0.3) is 0 Å². The Hall–Kier alpha value is -1.78. The third-order valence-corrected chi connectivity index (χ3v) is 4.86. The van der Waals surface area contributed by atoms with E-state index in [1.807, 2.05) is 63.3 Å². The van der Waals surface area contributed by atoms with E-state index in [0.717, 1.165) is 5.56 Å². The highest BCUT2D eigenvalue weighted by atomic mass is 16.5. The second-order valence-electron chi connectivity index (χ2n) is 7.84. The quantitative estimate of drug-likeness (QED) is 0.847. The van der Waals surface area contributed by atoms with Gasteiger partial charge in [-0.3, -0.25) is 9.59 Å². The maximum absolute atomic E-state index is 12.4. The van der Waals surface area contributed by atoms with Crippen molar-refractivity contribution in [3.8, 4) is 0 Å². The van der Waals surface area contributed by atoms with Crippen LogP contribution in [0, 0.1) is 11.3 Å². The SMILES string of the molecule is CC(=O)[C@@]1(O)CO[C@@H](c2ccccc2)C/C=C\[C@@H]1CC(=O)C(C)(C)C. The van der Waals surface area contributed by atoms with Crippen molar-refractivity contribution in [2.45, 2.75) is 52.2 Å². The summed E-state index contributed by atoms with van der Waals surface area (Å²) in [6.07, 6.45) is 4.25. The molecule has 3 atom stereocenters. The molecule has 0 bridgehead atoms. The topological polar surface area (TPSA) is 63.6 Å². The molecule has 1 aromatic carbocycles. The summed E-state index contributed by atoms with van der Waals surface area (Å²) in [5, 5.41) is 11.0. The fourth-order valence-electron chi connectivity index (χ4n) is 2.93. The first-order valence-corrected chi connectivity index (χ1v) is 8.74. The molecule has 136 valence electrons. The number of Topliss-reactive ketones (excluding diaryl/α,β-unsaturated/α-hetero) is 2. The molecule has 0 aromatic heterocycles. The molecule has 0 fully saturated rings. The summed E-state index contributed by atoms with van der Waals surface area (Å²) in [5.41, 5.74) is -1.20. The van der Waals surface area contributed by atoms with Gasteiger partial charge in [0.2, 0.25) is 0 Å². The van der Waals surface area contributed by atoms with Gasteiger partial charge < -0.3 is 9.84 Å². The predicted octanol–water partition coefficient (Wildman–Crippen LogP) is 3.65. The molecule has 1 aliphatic rings. The second kappa shape index (κ2) is 7.63. The Morgan fingerprint density at radius 2 is 1.88 bits per heavy atom. The number of carbonyl (C=O) groups excluding carboxylic acids is 2. The first-order valence-electron chi connectivity index (χ1n) is 8.74. The van der Waals surface area contributed by atoms with Crippen LogP contribution >= 0.6 is 0 Å². The molecule has 1 heterocycles. The van der Waals surface area contributed by atoms with Crippen LogP contribution in [0.1, 0.15) is 52.2 Å². The number of benzene rings is 1. The molecule has 0 amide bonds. The second-order valence-corrected chi connectivity index (χ2v) is 7.84. The van der Waals surface area contributed by atoms with Crippen LogP contribution in [0.2, 0.25) is 0 Å². The van der Waals surface area contributed by atoms with Crippen molar-refractivity contribution in [1.82, 2.24) is 0 Å². The number of hydrogen-bond donors (Lipinski definition) is 1. The zero-order chi connectivity index (χ0) is 18.7. The molecule has 1 aliphatic heterocycles. The molecule has 25 heavy (non-hydrogen) atoms. The third kappa shape index (κ3) is 4.65. The summed E-state index contributed by atoms with van der Waals surface area (Å²) in [5.74, 6) is -0.937. The summed E-state index contributed by atoms with van der Waals surface area (Å²) in [4.78, 5) is 24.6. The maximum atomic E-state index is 12.4. The Balaban J connectivity index is 2.27. The largest absolute Gasteiger partial charge is 0.379 e. The molecule has 2 rings (SSSR count). The van der Waals surface area contributed by atoms with E-state index in [2.05, 4.69) is 0 Å². The van der Waals surface area contributed by atoms with E-state index in [4.69, 9.17) is 4.74 Å². The number of aliphatic hydroxyl groups is 1. The maximum Gasteiger partial charge on any atom is 0.164 e. The zero-order valence-corrected chi connectivity index (χ0v) is 15.5. The molecule has 0 saturated heterocycles. The Morgan fingerprint density at radius 3 is 2.44 bits per heavy atom. The number of ether oxygens (including phenoxy) is 1. The summed E-state index contributed by atoms with van der Waals surface area (Å²) >= 11 is 0. The highest BCUT2D eigenvalue weighted by Gasteiger charge is 2.43. The van der Waals surface area contributed by atoms with Crippen molar-refractivity contribution in [2.75, 3.05) is 6.61 Å². The molecule has 0 unspecified atom stereocenters. The predicted molar refractivity (Wildman–Crippen MR) is 97.1 cm³/mol. The van der Waals surface area contributed by atoms with Crippen LogP contribution in [0.5, 0.6) is 0 Å². The van der Waals surface area contributed by atoms with Gasteiger partial charge in [0.25, 0.3) is 0 Å². The lowest BCUT2D eigenvalue weighted by molar-refractivity contribution is -0.154. The lowest BCUT2D eigenvalue weighted by Gasteiger charge is -2.36. The van der Waals surface area contributed by atoms with Gasteiger partial charge >= 0.3 is 0 Å². The van der Waals surface area contributed by atoms with E-state index in [9.17, 15) is 14.7 Å². The zero-order valence-electron chi connectivity index (χ0n) is 15.5. The third-order valence-electron chi connectivity index (χ3n) is 4.86. The fraction of sp³-hybridized carbons (Fsp3) is 0.524. The number of hydrogen-bond acceptors (Lipinski definition) is 4. The Labute approximate surface area is 149 Å². The summed E-state index contributed by atoms with van der Waals surface area (Å²) < 4.78 is 5.91. The molecule has 0 radical (unpaired) electrons. The number of rotatable bonds is 4. The molecule has 0 saturated carbocycles. The van der Waals surface area contributed by atoms with Gasteiger partial charge in [-0.2, -0.15) is 0 Å². The highest BCUT2D eigenvalue weighted by Crippen LogP contribution is 2.34. The summed E-state index contributed by atoms with van der Waals surface area (Å²) in [6.45, 7) is 6.77. The summed E-state index contributed by atoms with van der Waals surface area (Å²) in [7, 11) is 0. The van der Waals surface area contributed by atoms with Crippen molar-refractivity contribution in [3.63, 3.8) is 0 Å². The van der Waals surface area contributed by atoms with Crippen LogP contribution < -0.4 is 0 Å². The highest BCUT2D eigenvalue weighted by molar-refractivity contribution is 5.88. The molecular formula is C21H28O4. The Bertz CT molecular complexity index is 642. The van der Waals surface area contributed by atoms with Gasteiger partial charge in [0, 0.05) is 17.8 Å². The smallest absolute Gasteiger partial charge is 0.164 e. The molecule has 0 spiro atoms. The first kappa shape index (κ1) is 19.5. The van der Waals surface area contributed by atoms with Crippen molar-refractivity contribution < 1.29 is 19.4 Å². The van der Waals surface area contributed by atoms with Crippen molar-refractivity contribution in [2.24, 2.45) is 11.3 Å². The average Bonchev–Trinajstić information content (AvgIpc) is 2.54. The van der Waals surface area contributed by atoms with Crippen LogP contribution in [0.15, 0.2) is 42.5 Å². The van der Waals surface area contributed by atoms with E-state index >= 15 is 0 Å². The van der Waals surface area contributed by atoms with Gasteiger partial charge in [-0.1, -0.05) is 63.3 Å². The Kier molecular flexibility index (Phi) is 5.96. The average molecular weight is 344 g/mol. The monoisotopic (exact) mass is 344 g/mol. The van der Waals surface area contributed by atoms with Crippen LogP contribution in [0.3, 0.4) is 0 Å². The fourth-order valence-corrected chi connectivity index (χ4v) is 2.93. The standard InChI is InChI=1S/C21H28O4/c1-15(22)21(24)14-25-18(16-9-6-5-7-10-16)12-8-11-17(21)13-19(23)20(2,3)4/h5-11,17-18,24H,12-14H2,1-4H3/b11-8-/t17-,18-,21+/m1/s1. The molecule has 0 aliphatic carbocycles. The normalized spacial score (nSPS) is 28.7. The van der Waals surface area contributed by atoms with E-state index in [1.54, 1.807) is 0 Å². The van der Waals surface area contributed by atoms with Crippen LogP contribution in [-0.2, 0) is 14.3 Å². The minimum atomic E-state index is -1.69. The lowest BCUT2D eigenvalue weighted by atomic mass is 9.76. The van der Waals surface area contributed by atoms with Crippen molar-refractivity contribution in [3.05, 3.63) is 48.0 Å². The van der Waals surface area contributed by atoms with Gasteiger partial charge in [0.15, 0.2) is 11.4 Å². The lowest BCUT2D eigenvalue weighted by Crippen LogP contribution is -2.50. The molecule has 1 N–H and O–H groups in total. The number of ketones is 2. The van der Waals surface area contributed by atoms with E-state index in [1.165, 1.54) is 6.92 Å². The van der Waals surface area contributed by atoms with Gasteiger partial charge in [0.1, 0.15) is 5.78 Å². The molecular weight excluding hydrogens is 316 g/mol. The van der Waals surface area contributed by atoms with Gasteiger partial charge in [-0.25, -0.2) is 0 Å². The first-order chi connectivity index (χ1) is 11.6. The number of carbonyl (C=O) groups is 2. The van der Waals surface area contributed by atoms with Crippen molar-refractivity contribution >= 4 is 11.6 Å². The molecule has 4 nitrogen and oxygen atoms in total. The minimum absolute atomic E-state index is 0.0157. The van der Waals surface area contributed by atoms with E-state index in [0.29, 0.717) is 6.42 Å². The molecule has 4 heteroatoms.